The van der Waals surface area contributed by atoms with Gasteiger partial charge in [0.15, 0.2) is 0 Å². The predicted molar refractivity (Wildman–Crippen MR) is 103 cm³/mol. The Bertz CT molecular complexity index is 715. The van der Waals surface area contributed by atoms with Gasteiger partial charge >= 0.3 is 13.1 Å². The van der Waals surface area contributed by atoms with Gasteiger partial charge in [0.05, 0.1) is 6.61 Å². The molecule has 0 bridgehead atoms. The fourth-order valence-corrected chi connectivity index (χ4v) is 3.89. The monoisotopic (exact) mass is 373 g/mol. The molecular weight excluding hydrogens is 345 g/mol. The van der Waals surface area contributed by atoms with Gasteiger partial charge in [-0.3, -0.25) is 4.79 Å². The summed E-state index contributed by atoms with van der Waals surface area (Å²) in [6, 6.07) is 2.81. The molecule has 1 atom stereocenters. The van der Waals surface area contributed by atoms with Crippen LogP contribution in [0.1, 0.15) is 67.4 Å². The van der Waals surface area contributed by atoms with Gasteiger partial charge in [-0.05, 0) is 61.2 Å². The molecule has 0 saturated heterocycles. The number of ether oxygens (including phenoxy) is 1. The van der Waals surface area contributed by atoms with Crippen molar-refractivity contribution in [1.29, 1.82) is 0 Å². The van der Waals surface area contributed by atoms with Crippen LogP contribution in [0.25, 0.3) is 0 Å². The average Bonchev–Trinajstić information content (AvgIpc) is 3.02. The van der Waals surface area contributed by atoms with Crippen LogP contribution in [-0.2, 0) is 20.8 Å². The number of hydrogen-bond acceptors (Lipinski definition) is 5. The minimum absolute atomic E-state index is 0.0431. The van der Waals surface area contributed by atoms with Crippen LogP contribution in [0.3, 0.4) is 0 Å². The SMILES string of the molecule is Cc1c(C(=O)NC(C(=O)OC2CCCCC2)C(C)C)ccc2c1B(O)OC2. The predicted octanol–water partition coefficient (Wildman–Crippen LogP) is 1.84. The van der Waals surface area contributed by atoms with Crippen molar-refractivity contribution in [1.82, 2.24) is 5.32 Å². The molecule has 2 N–H and O–H groups in total. The maximum absolute atomic E-state index is 12.8. The molecule has 7 heteroatoms. The third kappa shape index (κ3) is 4.35. The van der Waals surface area contributed by atoms with Crippen molar-refractivity contribution < 1.29 is 24.0 Å². The van der Waals surface area contributed by atoms with Crippen LogP contribution in [0.4, 0.5) is 0 Å². The largest absolute Gasteiger partial charge is 0.492 e. The Kier molecular flexibility index (Phi) is 6.22. The van der Waals surface area contributed by atoms with Crippen molar-refractivity contribution in [3.63, 3.8) is 0 Å². The molecule has 1 aliphatic carbocycles. The van der Waals surface area contributed by atoms with Crippen molar-refractivity contribution in [2.45, 2.75) is 71.6 Å². The van der Waals surface area contributed by atoms with E-state index < -0.39 is 13.2 Å². The summed E-state index contributed by atoms with van der Waals surface area (Å²) in [5.41, 5.74) is 2.65. The highest BCUT2D eigenvalue weighted by atomic mass is 16.5. The highest BCUT2D eigenvalue weighted by Crippen LogP contribution is 2.22. The van der Waals surface area contributed by atoms with Crippen LogP contribution in [0, 0.1) is 12.8 Å². The molecule has 1 aromatic rings. The number of carbonyl (C=O) groups excluding carboxylic acids is 2. The van der Waals surface area contributed by atoms with E-state index in [-0.39, 0.29) is 23.9 Å². The van der Waals surface area contributed by atoms with Crippen LogP contribution in [0.5, 0.6) is 0 Å². The van der Waals surface area contributed by atoms with E-state index in [0.717, 1.165) is 31.2 Å². The molecule has 27 heavy (non-hydrogen) atoms. The van der Waals surface area contributed by atoms with Crippen LogP contribution < -0.4 is 10.8 Å². The van der Waals surface area contributed by atoms with Crippen LogP contribution in [-0.4, -0.2) is 36.2 Å². The third-order valence-corrected chi connectivity index (χ3v) is 5.54. The van der Waals surface area contributed by atoms with Gasteiger partial charge in [0.25, 0.3) is 5.91 Å². The molecule has 1 fully saturated rings. The quantitative estimate of drug-likeness (QED) is 0.608. The number of esters is 1. The summed E-state index contributed by atoms with van der Waals surface area (Å²) in [6.07, 6.45) is 5.09. The lowest BCUT2D eigenvalue weighted by Crippen LogP contribution is -2.47. The minimum Gasteiger partial charge on any atom is -0.461 e. The molecule has 1 saturated carbocycles. The van der Waals surface area contributed by atoms with Gasteiger partial charge in [0, 0.05) is 5.56 Å². The number of benzene rings is 1. The topological polar surface area (TPSA) is 84.9 Å². The van der Waals surface area contributed by atoms with Crippen molar-refractivity contribution >= 4 is 24.5 Å². The average molecular weight is 373 g/mol. The van der Waals surface area contributed by atoms with Gasteiger partial charge in [0.1, 0.15) is 12.1 Å². The third-order valence-electron chi connectivity index (χ3n) is 5.54. The minimum atomic E-state index is -1.01. The lowest BCUT2D eigenvalue weighted by molar-refractivity contribution is -0.154. The number of nitrogens with one attached hydrogen (secondary N) is 1. The maximum atomic E-state index is 12.8. The first-order valence-corrected chi connectivity index (χ1v) is 9.82. The van der Waals surface area contributed by atoms with E-state index in [2.05, 4.69) is 5.32 Å². The summed E-state index contributed by atoms with van der Waals surface area (Å²) < 4.78 is 10.9. The second-order valence-electron chi connectivity index (χ2n) is 7.87. The van der Waals surface area contributed by atoms with E-state index in [1.807, 2.05) is 13.8 Å². The number of carbonyl (C=O) groups is 2. The zero-order valence-electron chi connectivity index (χ0n) is 16.3. The summed E-state index contributed by atoms with van der Waals surface area (Å²) in [5.74, 6) is -0.796. The first kappa shape index (κ1) is 19.9. The molecular formula is C20H28BNO5. The zero-order valence-corrected chi connectivity index (χ0v) is 16.3. The van der Waals surface area contributed by atoms with Gasteiger partial charge in [-0.25, -0.2) is 4.79 Å². The molecule has 0 radical (unpaired) electrons. The lowest BCUT2D eigenvalue weighted by atomic mass is 9.75. The summed E-state index contributed by atoms with van der Waals surface area (Å²) in [6.45, 7) is 5.90. The number of hydrogen-bond donors (Lipinski definition) is 2. The molecule has 1 aromatic carbocycles. The van der Waals surface area contributed by atoms with Crippen molar-refractivity contribution in [2.75, 3.05) is 0 Å². The number of amides is 1. The fraction of sp³-hybridized carbons (Fsp3) is 0.600. The number of fused-ring (bicyclic) bond motifs is 1. The van der Waals surface area contributed by atoms with E-state index in [0.29, 0.717) is 23.2 Å². The van der Waals surface area contributed by atoms with Gasteiger partial charge in [-0.2, -0.15) is 0 Å². The van der Waals surface area contributed by atoms with Crippen molar-refractivity contribution in [2.24, 2.45) is 5.92 Å². The summed E-state index contributed by atoms with van der Waals surface area (Å²) in [5, 5.41) is 12.8. The first-order chi connectivity index (χ1) is 12.9. The Labute approximate surface area is 160 Å². The Balaban J connectivity index is 1.72. The molecule has 1 unspecified atom stereocenters. The summed E-state index contributed by atoms with van der Waals surface area (Å²) in [7, 11) is -1.01. The van der Waals surface area contributed by atoms with Gasteiger partial charge in [-0.15, -0.1) is 0 Å². The standard InChI is InChI=1S/C20H28BNO5/c1-12(2)18(20(24)27-15-7-5-4-6-8-15)22-19(23)16-10-9-14-11-26-21(25)17(14)13(16)3/h9-10,12,15,18,25H,4-8,11H2,1-3H3,(H,22,23). The van der Waals surface area contributed by atoms with Gasteiger partial charge in [0.2, 0.25) is 0 Å². The van der Waals surface area contributed by atoms with Crippen LogP contribution in [0.15, 0.2) is 12.1 Å². The van der Waals surface area contributed by atoms with E-state index >= 15 is 0 Å². The fourth-order valence-electron chi connectivity index (χ4n) is 3.89. The number of rotatable bonds is 5. The summed E-state index contributed by atoms with van der Waals surface area (Å²) in [4.78, 5) is 25.5. The zero-order chi connectivity index (χ0) is 19.6. The van der Waals surface area contributed by atoms with E-state index in [1.54, 1.807) is 19.1 Å². The first-order valence-electron chi connectivity index (χ1n) is 9.82. The van der Waals surface area contributed by atoms with Crippen LogP contribution in [0.2, 0.25) is 0 Å². The highest BCUT2D eigenvalue weighted by Gasteiger charge is 2.33. The molecule has 6 nitrogen and oxygen atoms in total. The second-order valence-corrected chi connectivity index (χ2v) is 7.87. The van der Waals surface area contributed by atoms with E-state index in [4.69, 9.17) is 9.39 Å². The molecule has 0 aromatic heterocycles. The van der Waals surface area contributed by atoms with Crippen molar-refractivity contribution in [3.8, 4) is 0 Å². The Morgan fingerprint density at radius 2 is 1.96 bits per heavy atom. The Hall–Kier alpha value is -1.86. The Morgan fingerprint density at radius 3 is 2.63 bits per heavy atom. The smallest absolute Gasteiger partial charge is 0.461 e. The normalized spacial score (nSPS) is 18.3. The molecule has 1 aliphatic heterocycles. The molecule has 146 valence electrons. The van der Waals surface area contributed by atoms with Crippen LogP contribution >= 0.6 is 0 Å². The molecule has 1 amide bonds. The lowest BCUT2D eigenvalue weighted by Gasteiger charge is -2.27. The maximum Gasteiger partial charge on any atom is 0.492 e. The molecule has 3 rings (SSSR count). The molecule has 0 spiro atoms. The second kappa shape index (κ2) is 8.44. The Morgan fingerprint density at radius 1 is 1.26 bits per heavy atom. The van der Waals surface area contributed by atoms with E-state index in [1.165, 1.54) is 6.42 Å². The highest BCUT2D eigenvalue weighted by molar-refractivity contribution is 6.62. The summed E-state index contributed by atoms with van der Waals surface area (Å²) >= 11 is 0. The molecule has 2 aliphatic rings. The van der Waals surface area contributed by atoms with Crippen molar-refractivity contribution in [3.05, 3.63) is 28.8 Å². The van der Waals surface area contributed by atoms with Gasteiger partial charge < -0.3 is 19.7 Å². The van der Waals surface area contributed by atoms with E-state index in [9.17, 15) is 14.6 Å². The molecule has 1 heterocycles. The van der Waals surface area contributed by atoms with Gasteiger partial charge in [-0.1, -0.05) is 26.3 Å².